The number of likely N-dealkylation sites (N-methyl/N-ethyl adjacent to an activating group) is 2. The van der Waals surface area contributed by atoms with Crippen molar-refractivity contribution in [3.05, 3.63) is 28.8 Å². The van der Waals surface area contributed by atoms with E-state index in [9.17, 15) is 0 Å². The molecule has 21 heavy (non-hydrogen) atoms. The van der Waals surface area contributed by atoms with Gasteiger partial charge in [0.25, 0.3) is 0 Å². The second kappa shape index (κ2) is 7.45. The average Bonchev–Trinajstić information content (AvgIpc) is 2.85. The molecular weight excluding hydrogens is 286 g/mol. The van der Waals surface area contributed by atoms with Gasteiger partial charge in [-0.1, -0.05) is 17.7 Å². The van der Waals surface area contributed by atoms with E-state index >= 15 is 0 Å². The molecule has 2 N–H and O–H groups in total. The highest BCUT2D eigenvalue weighted by atomic mass is 35.5. The molecule has 4 nitrogen and oxygen atoms in total. The molecule has 0 saturated carbocycles. The minimum atomic E-state index is 0.183. The summed E-state index contributed by atoms with van der Waals surface area (Å²) in [6.07, 6.45) is 2.55. The summed E-state index contributed by atoms with van der Waals surface area (Å²) in [5.41, 5.74) is 7.15. The second-order valence-corrected chi connectivity index (χ2v) is 6.27. The fourth-order valence-corrected chi connectivity index (χ4v) is 3.40. The van der Waals surface area contributed by atoms with Crippen LogP contribution in [-0.2, 0) is 0 Å². The van der Waals surface area contributed by atoms with Gasteiger partial charge in [0, 0.05) is 25.2 Å². The molecule has 2 unspecified atom stereocenters. The van der Waals surface area contributed by atoms with E-state index in [1.54, 1.807) is 7.11 Å². The predicted molar refractivity (Wildman–Crippen MR) is 88.1 cm³/mol. The highest BCUT2D eigenvalue weighted by molar-refractivity contribution is 6.32. The number of nitrogens with two attached hydrogens (primary N) is 1. The Bertz CT molecular complexity index is 469. The Morgan fingerprint density at radius 3 is 2.81 bits per heavy atom. The Labute approximate surface area is 132 Å². The lowest BCUT2D eigenvalue weighted by Gasteiger charge is -2.32. The highest BCUT2D eigenvalue weighted by Crippen LogP contribution is 2.29. The normalized spacial score (nSPS) is 21.0. The van der Waals surface area contributed by atoms with Crippen molar-refractivity contribution < 1.29 is 4.74 Å². The van der Waals surface area contributed by atoms with Gasteiger partial charge in [-0.25, -0.2) is 0 Å². The summed E-state index contributed by atoms with van der Waals surface area (Å²) in [6, 6.07) is 6.74. The van der Waals surface area contributed by atoms with Crippen molar-refractivity contribution in [3.8, 4) is 5.75 Å². The van der Waals surface area contributed by atoms with Gasteiger partial charge in [0.15, 0.2) is 0 Å². The first-order valence-corrected chi connectivity index (χ1v) is 7.88. The topological polar surface area (TPSA) is 41.7 Å². The van der Waals surface area contributed by atoms with Crippen LogP contribution in [0.1, 0.15) is 24.4 Å². The van der Waals surface area contributed by atoms with Gasteiger partial charge in [0.1, 0.15) is 5.75 Å². The van der Waals surface area contributed by atoms with E-state index in [1.165, 1.54) is 19.4 Å². The van der Waals surface area contributed by atoms with E-state index in [0.717, 1.165) is 12.1 Å². The van der Waals surface area contributed by atoms with Gasteiger partial charge in [0.05, 0.1) is 12.1 Å². The average molecular weight is 312 g/mol. The summed E-state index contributed by atoms with van der Waals surface area (Å²) in [4.78, 5) is 4.77. The standard InChI is InChI=1S/C16H26ClN3O/c1-19-8-4-5-13(19)11-20(2)15(10-18)12-6-7-16(21-3)14(17)9-12/h6-7,9,13,15H,4-5,8,10-11,18H2,1-3H3. The van der Waals surface area contributed by atoms with E-state index in [1.807, 2.05) is 12.1 Å². The number of methoxy groups -OCH3 is 1. The Hall–Kier alpha value is -0.810. The minimum Gasteiger partial charge on any atom is -0.495 e. The molecule has 0 amide bonds. The fraction of sp³-hybridized carbons (Fsp3) is 0.625. The Morgan fingerprint density at radius 1 is 1.52 bits per heavy atom. The highest BCUT2D eigenvalue weighted by Gasteiger charge is 2.25. The summed E-state index contributed by atoms with van der Waals surface area (Å²) in [7, 11) is 5.97. The molecule has 1 saturated heterocycles. The molecule has 2 rings (SSSR count). The molecule has 0 bridgehead atoms. The second-order valence-electron chi connectivity index (χ2n) is 5.86. The molecule has 1 aromatic carbocycles. The number of halogens is 1. The van der Waals surface area contributed by atoms with E-state index in [2.05, 4.69) is 30.0 Å². The molecule has 0 spiro atoms. The van der Waals surface area contributed by atoms with E-state index in [-0.39, 0.29) is 6.04 Å². The van der Waals surface area contributed by atoms with Crippen LogP contribution in [0.2, 0.25) is 5.02 Å². The van der Waals surface area contributed by atoms with Crippen LogP contribution in [0.3, 0.4) is 0 Å². The smallest absolute Gasteiger partial charge is 0.137 e. The maximum atomic E-state index is 6.24. The van der Waals surface area contributed by atoms with E-state index < -0.39 is 0 Å². The first-order valence-electron chi connectivity index (χ1n) is 7.50. The van der Waals surface area contributed by atoms with Gasteiger partial charge in [-0.3, -0.25) is 4.90 Å². The Morgan fingerprint density at radius 2 is 2.29 bits per heavy atom. The van der Waals surface area contributed by atoms with Crippen LogP contribution in [-0.4, -0.2) is 56.7 Å². The summed E-state index contributed by atoms with van der Waals surface area (Å²) in [5, 5.41) is 0.639. The van der Waals surface area contributed by atoms with Crippen LogP contribution >= 0.6 is 11.6 Å². The monoisotopic (exact) mass is 311 g/mol. The van der Waals surface area contributed by atoms with Gasteiger partial charge in [-0.2, -0.15) is 0 Å². The molecule has 0 radical (unpaired) electrons. The SMILES string of the molecule is COc1ccc(C(CN)N(C)CC2CCCN2C)cc1Cl. The number of likely N-dealkylation sites (tertiary alicyclic amines) is 1. The summed E-state index contributed by atoms with van der Waals surface area (Å²) >= 11 is 6.24. The third-order valence-electron chi connectivity index (χ3n) is 4.49. The van der Waals surface area contributed by atoms with Gasteiger partial charge in [-0.15, -0.1) is 0 Å². The first-order chi connectivity index (χ1) is 10.1. The number of hydrogen-bond acceptors (Lipinski definition) is 4. The lowest BCUT2D eigenvalue weighted by atomic mass is 10.0. The van der Waals surface area contributed by atoms with Crippen LogP contribution in [0.15, 0.2) is 18.2 Å². The number of benzene rings is 1. The quantitative estimate of drug-likeness (QED) is 0.876. The lowest BCUT2D eigenvalue weighted by molar-refractivity contribution is 0.179. The van der Waals surface area contributed by atoms with Crippen molar-refractivity contribution in [2.75, 3.05) is 40.8 Å². The Balaban J connectivity index is 2.09. The van der Waals surface area contributed by atoms with Crippen molar-refractivity contribution in [2.45, 2.75) is 24.9 Å². The molecule has 1 heterocycles. The molecule has 0 aliphatic carbocycles. The largest absolute Gasteiger partial charge is 0.495 e. The maximum absolute atomic E-state index is 6.24. The van der Waals surface area contributed by atoms with Crippen LogP contribution < -0.4 is 10.5 Å². The van der Waals surface area contributed by atoms with Crippen LogP contribution in [0.5, 0.6) is 5.75 Å². The molecule has 1 aliphatic rings. The number of ether oxygens (including phenoxy) is 1. The third kappa shape index (κ3) is 3.89. The van der Waals surface area contributed by atoms with Crippen molar-refractivity contribution in [1.82, 2.24) is 9.80 Å². The number of nitrogens with zero attached hydrogens (tertiary/aromatic N) is 2. The Kier molecular flexibility index (Phi) is 5.88. The molecular formula is C16H26ClN3O. The van der Waals surface area contributed by atoms with Crippen molar-refractivity contribution in [1.29, 1.82) is 0 Å². The third-order valence-corrected chi connectivity index (χ3v) is 4.78. The van der Waals surface area contributed by atoms with E-state index in [0.29, 0.717) is 23.4 Å². The van der Waals surface area contributed by atoms with Gasteiger partial charge >= 0.3 is 0 Å². The van der Waals surface area contributed by atoms with Crippen molar-refractivity contribution in [2.24, 2.45) is 5.73 Å². The number of hydrogen-bond donors (Lipinski definition) is 1. The van der Waals surface area contributed by atoms with Crippen LogP contribution in [0, 0.1) is 0 Å². The predicted octanol–water partition coefficient (Wildman–Crippen LogP) is 2.37. The fourth-order valence-electron chi connectivity index (χ4n) is 3.13. The van der Waals surface area contributed by atoms with Crippen LogP contribution in [0.25, 0.3) is 0 Å². The van der Waals surface area contributed by atoms with Gasteiger partial charge in [-0.05, 0) is 51.2 Å². The van der Waals surface area contributed by atoms with Gasteiger partial charge in [0.2, 0.25) is 0 Å². The number of rotatable bonds is 6. The molecule has 1 aliphatic heterocycles. The zero-order valence-corrected chi connectivity index (χ0v) is 13.9. The van der Waals surface area contributed by atoms with Gasteiger partial charge < -0.3 is 15.4 Å². The summed E-state index contributed by atoms with van der Waals surface area (Å²) in [5.74, 6) is 0.703. The molecule has 118 valence electrons. The zero-order chi connectivity index (χ0) is 15.4. The summed E-state index contributed by atoms with van der Waals surface area (Å²) in [6.45, 7) is 2.80. The molecule has 1 aromatic rings. The first kappa shape index (κ1) is 16.6. The molecule has 5 heteroatoms. The summed E-state index contributed by atoms with van der Waals surface area (Å²) < 4.78 is 5.21. The van der Waals surface area contributed by atoms with Crippen molar-refractivity contribution >= 4 is 11.6 Å². The molecule has 1 fully saturated rings. The zero-order valence-electron chi connectivity index (χ0n) is 13.2. The van der Waals surface area contributed by atoms with Crippen molar-refractivity contribution in [3.63, 3.8) is 0 Å². The molecule has 2 atom stereocenters. The van der Waals surface area contributed by atoms with E-state index in [4.69, 9.17) is 22.1 Å². The lowest BCUT2D eigenvalue weighted by Crippen LogP contribution is -2.40. The minimum absolute atomic E-state index is 0.183. The van der Waals surface area contributed by atoms with Crippen LogP contribution in [0.4, 0.5) is 0 Å². The maximum Gasteiger partial charge on any atom is 0.137 e. The molecule has 0 aromatic heterocycles.